The van der Waals surface area contributed by atoms with Crippen LogP contribution in [-0.4, -0.2) is 5.11 Å². The maximum Gasteiger partial charge on any atom is 0.116 e. The Kier molecular flexibility index (Phi) is 3.22. The first-order valence-electron chi connectivity index (χ1n) is 8.31. The van der Waals surface area contributed by atoms with Gasteiger partial charge in [0.05, 0.1) is 0 Å². The molecule has 0 aliphatic heterocycles. The highest BCUT2D eigenvalue weighted by Gasteiger charge is 2.11. The number of fused-ring (bicyclic) bond motifs is 7. The van der Waals surface area contributed by atoms with Gasteiger partial charge in [0.25, 0.3) is 0 Å². The van der Waals surface area contributed by atoms with E-state index in [0.29, 0.717) is 5.75 Å². The zero-order chi connectivity index (χ0) is 17.0. The first kappa shape index (κ1) is 14.7. The maximum atomic E-state index is 9.96. The molecule has 0 atom stereocenters. The summed E-state index contributed by atoms with van der Waals surface area (Å²) in [5.41, 5.74) is 1.27. The van der Waals surface area contributed by atoms with Gasteiger partial charge in [0.1, 0.15) is 5.75 Å². The first-order valence-corrected chi connectivity index (χ1v) is 9.43. The molecule has 0 unspecified atom stereocenters. The van der Waals surface area contributed by atoms with Gasteiger partial charge in [-0.3, -0.25) is 0 Å². The van der Waals surface area contributed by atoms with Gasteiger partial charge in [0.2, 0.25) is 0 Å². The van der Waals surface area contributed by atoms with E-state index in [0.717, 1.165) is 16.1 Å². The van der Waals surface area contributed by atoms with Gasteiger partial charge in [0, 0.05) is 5.33 Å². The van der Waals surface area contributed by atoms with Crippen LogP contribution in [0.3, 0.4) is 0 Å². The van der Waals surface area contributed by atoms with E-state index >= 15 is 0 Å². The average molecular weight is 387 g/mol. The fourth-order valence-corrected chi connectivity index (χ4v) is 4.37. The Morgan fingerprint density at radius 1 is 0.640 bits per heavy atom. The normalized spacial score (nSPS) is 11.7. The fraction of sp³-hybridized carbons (Fsp3) is 0.0435. The zero-order valence-corrected chi connectivity index (χ0v) is 15.0. The molecule has 0 aliphatic rings. The van der Waals surface area contributed by atoms with Crippen LogP contribution < -0.4 is 0 Å². The van der Waals surface area contributed by atoms with Crippen molar-refractivity contribution in [1.29, 1.82) is 0 Å². The third kappa shape index (κ3) is 2.14. The summed E-state index contributed by atoms with van der Waals surface area (Å²) in [6, 6.07) is 25.2. The summed E-state index contributed by atoms with van der Waals surface area (Å²) in [7, 11) is 0. The van der Waals surface area contributed by atoms with Crippen LogP contribution in [0.2, 0.25) is 0 Å². The molecule has 0 bridgehead atoms. The number of benzene rings is 5. The molecular formula is C23H15BrO. The van der Waals surface area contributed by atoms with Crippen molar-refractivity contribution in [2.24, 2.45) is 0 Å². The van der Waals surface area contributed by atoms with Crippen LogP contribution >= 0.6 is 15.9 Å². The van der Waals surface area contributed by atoms with Gasteiger partial charge in [-0.1, -0.05) is 70.5 Å². The molecular weight excluding hydrogens is 372 g/mol. The smallest absolute Gasteiger partial charge is 0.116 e. The molecule has 0 saturated heterocycles. The van der Waals surface area contributed by atoms with Gasteiger partial charge in [-0.25, -0.2) is 0 Å². The minimum absolute atomic E-state index is 0.305. The third-order valence-electron chi connectivity index (χ3n) is 5.05. The topological polar surface area (TPSA) is 20.2 Å². The maximum absolute atomic E-state index is 9.96. The van der Waals surface area contributed by atoms with Gasteiger partial charge >= 0.3 is 0 Å². The minimum atomic E-state index is 0.305. The highest BCUT2D eigenvalue weighted by atomic mass is 79.9. The molecule has 2 heteroatoms. The second kappa shape index (κ2) is 5.47. The van der Waals surface area contributed by atoms with E-state index in [1.165, 1.54) is 37.9 Å². The van der Waals surface area contributed by atoms with E-state index in [1.807, 2.05) is 12.1 Å². The van der Waals surface area contributed by atoms with E-state index in [-0.39, 0.29) is 0 Å². The number of hydrogen-bond acceptors (Lipinski definition) is 1. The molecule has 1 nitrogen and oxygen atoms in total. The van der Waals surface area contributed by atoms with Gasteiger partial charge in [-0.05, 0) is 66.9 Å². The monoisotopic (exact) mass is 386 g/mol. The van der Waals surface area contributed by atoms with Gasteiger partial charge in [-0.2, -0.15) is 0 Å². The molecule has 5 aromatic carbocycles. The van der Waals surface area contributed by atoms with Crippen LogP contribution in [0.1, 0.15) is 5.56 Å². The lowest BCUT2D eigenvalue weighted by atomic mass is 9.91. The number of halogens is 1. The summed E-state index contributed by atoms with van der Waals surface area (Å²) in [6.45, 7) is 0. The van der Waals surface area contributed by atoms with Crippen molar-refractivity contribution in [3.8, 4) is 5.75 Å². The van der Waals surface area contributed by atoms with Crippen molar-refractivity contribution >= 4 is 59.0 Å². The molecule has 0 amide bonds. The molecule has 25 heavy (non-hydrogen) atoms. The van der Waals surface area contributed by atoms with Crippen LogP contribution in [0.25, 0.3) is 43.1 Å². The molecule has 0 aromatic heterocycles. The number of alkyl halides is 1. The fourth-order valence-electron chi connectivity index (χ4n) is 3.93. The Morgan fingerprint density at radius 2 is 1.36 bits per heavy atom. The summed E-state index contributed by atoms with van der Waals surface area (Å²) in [5.74, 6) is 0.305. The minimum Gasteiger partial charge on any atom is -0.508 e. The van der Waals surface area contributed by atoms with Crippen molar-refractivity contribution in [2.75, 3.05) is 0 Å². The van der Waals surface area contributed by atoms with Crippen molar-refractivity contribution in [3.05, 3.63) is 78.4 Å². The summed E-state index contributed by atoms with van der Waals surface area (Å²) < 4.78 is 0. The quantitative estimate of drug-likeness (QED) is 0.245. The lowest BCUT2D eigenvalue weighted by Gasteiger charge is -2.13. The van der Waals surface area contributed by atoms with E-state index in [1.54, 1.807) is 6.07 Å². The number of rotatable bonds is 1. The van der Waals surface area contributed by atoms with Crippen molar-refractivity contribution in [3.63, 3.8) is 0 Å². The SMILES string of the molecule is Oc1ccc2cc(CBr)c3c(ccc4c5ccccc5ccc43)c2c1. The first-order chi connectivity index (χ1) is 12.3. The summed E-state index contributed by atoms with van der Waals surface area (Å²) in [6.07, 6.45) is 0. The van der Waals surface area contributed by atoms with Crippen molar-refractivity contribution < 1.29 is 5.11 Å². The Labute approximate surface area is 153 Å². The summed E-state index contributed by atoms with van der Waals surface area (Å²) in [4.78, 5) is 0. The molecule has 1 N–H and O–H groups in total. The van der Waals surface area contributed by atoms with Crippen LogP contribution in [0.4, 0.5) is 0 Å². The summed E-state index contributed by atoms with van der Waals surface area (Å²) in [5, 5.41) is 20.5. The predicted octanol–water partition coefficient (Wildman–Crippen LogP) is 6.90. The Balaban J connectivity index is 2.06. The van der Waals surface area contributed by atoms with E-state index in [2.05, 4.69) is 70.5 Å². The second-order valence-corrected chi connectivity index (χ2v) is 7.01. The molecule has 0 heterocycles. The van der Waals surface area contributed by atoms with Gasteiger partial charge in [-0.15, -0.1) is 0 Å². The zero-order valence-electron chi connectivity index (χ0n) is 13.5. The highest BCUT2D eigenvalue weighted by molar-refractivity contribution is 9.08. The van der Waals surface area contributed by atoms with Crippen LogP contribution in [0, 0.1) is 0 Å². The Bertz CT molecular complexity index is 1290. The van der Waals surface area contributed by atoms with Crippen LogP contribution in [-0.2, 0) is 5.33 Å². The van der Waals surface area contributed by atoms with Crippen molar-refractivity contribution in [2.45, 2.75) is 5.33 Å². The second-order valence-electron chi connectivity index (χ2n) is 6.44. The summed E-state index contributed by atoms with van der Waals surface area (Å²) >= 11 is 3.66. The number of aromatic hydroxyl groups is 1. The largest absolute Gasteiger partial charge is 0.508 e. The molecule has 5 rings (SSSR count). The molecule has 0 radical (unpaired) electrons. The van der Waals surface area contributed by atoms with E-state index in [4.69, 9.17) is 0 Å². The Hall–Kier alpha value is -2.58. The van der Waals surface area contributed by atoms with Gasteiger partial charge in [0.15, 0.2) is 0 Å². The average Bonchev–Trinajstić information content (AvgIpc) is 2.66. The third-order valence-corrected chi connectivity index (χ3v) is 5.65. The van der Waals surface area contributed by atoms with E-state index in [9.17, 15) is 5.11 Å². The molecule has 0 fully saturated rings. The highest BCUT2D eigenvalue weighted by Crippen LogP contribution is 2.38. The number of phenolic OH excluding ortho intramolecular Hbond substituents is 1. The lowest BCUT2D eigenvalue weighted by molar-refractivity contribution is 0.476. The molecule has 5 aromatic rings. The number of hydrogen-bond donors (Lipinski definition) is 1. The molecule has 0 aliphatic carbocycles. The standard InChI is InChI=1S/C23H15BrO/c24-13-16-11-15-5-7-17(25)12-22(15)21-10-9-19-18-4-2-1-3-14(18)6-8-20(19)23(16)21/h1-12,25H,13H2. The van der Waals surface area contributed by atoms with Gasteiger partial charge < -0.3 is 5.11 Å². The Morgan fingerprint density at radius 3 is 2.24 bits per heavy atom. The van der Waals surface area contributed by atoms with E-state index < -0.39 is 0 Å². The molecule has 0 saturated carbocycles. The molecule has 0 spiro atoms. The number of phenols is 1. The van der Waals surface area contributed by atoms with Crippen molar-refractivity contribution in [1.82, 2.24) is 0 Å². The molecule has 120 valence electrons. The van der Waals surface area contributed by atoms with Crippen LogP contribution in [0.15, 0.2) is 72.8 Å². The lowest BCUT2D eigenvalue weighted by Crippen LogP contribution is -1.88. The predicted molar refractivity (Wildman–Crippen MR) is 111 cm³/mol. The van der Waals surface area contributed by atoms with Crippen LogP contribution in [0.5, 0.6) is 5.75 Å².